The Morgan fingerprint density at radius 2 is 2.03 bits per heavy atom. The molecule has 1 atom stereocenters. The number of benzene rings is 1. The molecule has 4 heterocycles. The van der Waals surface area contributed by atoms with E-state index < -0.39 is 0 Å². The van der Waals surface area contributed by atoms with Crippen molar-refractivity contribution < 1.29 is 14.3 Å². The molecule has 11 heteroatoms. The van der Waals surface area contributed by atoms with Crippen LogP contribution in [0.2, 0.25) is 0 Å². The van der Waals surface area contributed by atoms with Crippen molar-refractivity contribution in [2.45, 2.75) is 38.3 Å². The highest BCUT2D eigenvalue weighted by Crippen LogP contribution is 2.39. The first kappa shape index (κ1) is 22.5. The smallest absolute Gasteiger partial charge is 0.228 e. The maximum atomic E-state index is 12.6. The van der Waals surface area contributed by atoms with Crippen molar-refractivity contribution >= 4 is 34.3 Å². The summed E-state index contributed by atoms with van der Waals surface area (Å²) in [6.45, 7) is 0.707. The van der Waals surface area contributed by atoms with Crippen LogP contribution in [0, 0.1) is 5.92 Å². The number of fused-ring (bicyclic) bond motifs is 1. The van der Waals surface area contributed by atoms with Crippen LogP contribution < -0.4 is 15.4 Å². The predicted octanol–water partition coefficient (Wildman–Crippen LogP) is 4.03. The zero-order valence-corrected chi connectivity index (χ0v) is 20.3. The zero-order chi connectivity index (χ0) is 24.6. The molecule has 1 saturated carbocycles. The summed E-state index contributed by atoms with van der Waals surface area (Å²) in [7, 11) is 3.44. The number of anilines is 3. The Balaban J connectivity index is 1.42. The van der Waals surface area contributed by atoms with Crippen LogP contribution in [0.25, 0.3) is 22.6 Å². The van der Waals surface area contributed by atoms with Gasteiger partial charge in [-0.15, -0.1) is 0 Å². The molecule has 1 aliphatic heterocycles. The molecule has 1 amide bonds. The van der Waals surface area contributed by atoms with Crippen LogP contribution >= 0.6 is 0 Å². The number of para-hydroxylation sites is 1. The standard InChI is InChI=1S/C25H28N8O3/c1-32-13-27-23(31-32)16-6-5-7-17(22(16)35-2)28-18-12-19(30-25(34)15-9-10-15)29-24-21(18)26-14-33(24)20-8-3-4-11-36-20/h5-7,12-15,20H,3-4,8-11H2,1-2H3,(H2,28,29,30,34). The number of aromatic nitrogens is 6. The molecule has 1 saturated heterocycles. The van der Waals surface area contributed by atoms with E-state index in [1.165, 1.54) is 0 Å². The average molecular weight is 489 g/mol. The van der Waals surface area contributed by atoms with Gasteiger partial charge in [-0.3, -0.25) is 14.0 Å². The second kappa shape index (κ2) is 9.23. The van der Waals surface area contributed by atoms with Crippen molar-refractivity contribution in [1.82, 2.24) is 29.3 Å². The van der Waals surface area contributed by atoms with Crippen LogP contribution in [0.4, 0.5) is 17.2 Å². The van der Waals surface area contributed by atoms with Crippen LogP contribution in [0.3, 0.4) is 0 Å². The number of pyridine rings is 1. The number of nitrogens with zero attached hydrogens (tertiary/aromatic N) is 6. The van der Waals surface area contributed by atoms with Gasteiger partial charge in [-0.05, 0) is 44.2 Å². The van der Waals surface area contributed by atoms with Crippen molar-refractivity contribution in [1.29, 1.82) is 0 Å². The van der Waals surface area contributed by atoms with Gasteiger partial charge in [0.2, 0.25) is 5.91 Å². The first-order chi connectivity index (χ1) is 17.6. The number of aryl methyl sites for hydroxylation is 1. The Labute approximate surface area is 207 Å². The molecule has 2 aliphatic rings. The minimum absolute atomic E-state index is 0.00594. The summed E-state index contributed by atoms with van der Waals surface area (Å²) in [6.07, 6.45) is 8.13. The summed E-state index contributed by atoms with van der Waals surface area (Å²) in [6, 6.07) is 7.56. The second-order valence-corrected chi connectivity index (χ2v) is 9.22. The lowest BCUT2D eigenvalue weighted by molar-refractivity contribution is -0.117. The molecule has 0 bridgehead atoms. The molecule has 36 heavy (non-hydrogen) atoms. The van der Waals surface area contributed by atoms with Gasteiger partial charge in [0.05, 0.1) is 30.4 Å². The van der Waals surface area contributed by atoms with Gasteiger partial charge in [0.1, 0.15) is 23.9 Å². The van der Waals surface area contributed by atoms with Crippen LogP contribution in [-0.4, -0.2) is 48.9 Å². The molecule has 1 aliphatic carbocycles. The fraction of sp³-hybridized carbons (Fsp3) is 0.400. The van der Waals surface area contributed by atoms with Gasteiger partial charge in [0.25, 0.3) is 0 Å². The SMILES string of the molecule is COc1c(Nc2cc(NC(=O)C3CC3)nc3c2ncn3C2CCCCO2)cccc1-c1ncn(C)n1. The summed E-state index contributed by atoms with van der Waals surface area (Å²) in [5.41, 5.74) is 3.51. The third-order valence-corrected chi connectivity index (χ3v) is 6.52. The molecule has 4 aromatic rings. The van der Waals surface area contributed by atoms with E-state index in [1.807, 2.05) is 35.9 Å². The van der Waals surface area contributed by atoms with Gasteiger partial charge in [-0.25, -0.2) is 15.0 Å². The fourth-order valence-electron chi connectivity index (χ4n) is 4.53. The molecule has 0 radical (unpaired) electrons. The summed E-state index contributed by atoms with van der Waals surface area (Å²) in [4.78, 5) is 26.4. The van der Waals surface area contributed by atoms with E-state index in [0.717, 1.165) is 43.4 Å². The number of ether oxygens (including phenoxy) is 2. The Hall–Kier alpha value is -3.99. The number of methoxy groups -OCH3 is 1. The van der Waals surface area contributed by atoms with Crippen molar-refractivity contribution in [2.24, 2.45) is 13.0 Å². The van der Waals surface area contributed by atoms with Crippen molar-refractivity contribution in [2.75, 3.05) is 24.4 Å². The zero-order valence-electron chi connectivity index (χ0n) is 20.3. The van der Waals surface area contributed by atoms with Crippen LogP contribution in [-0.2, 0) is 16.6 Å². The lowest BCUT2D eigenvalue weighted by Crippen LogP contribution is -2.18. The molecule has 3 aromatic heterocycles. The van der Waals surface area contributed by atoms with Gasteiger partial charge >= 0.3 is 0 Å². The number of imidazole rings is 1. The first-order valence-electron chi connectivity index (χ1n) is 12.2. The molecule has 1 aromatic carbocycles. The number of carbonyl (C=O) groups excluding carboxylic acids is 1. The largest absolute Gasteiger partial charge is 0.494 e. The molecule has 1 unspecified atom stereocenters. The summed E-state index contributed by atoms with van der Waals surface area (Å²) >= 11 is 0. The lowest BCUT2D eigenvalue weighted by Gasteiger charge is -2.24. The van der Waals surface area contributed by atoms with E-state index >= 15 is 0 Å². The normalized spacial score (nSPS) is 17.8. The Kier molecular flexibility index (Phi) is 5.76. The highest BCUT2D eigenvalue weighted by atomic mass is 16.5. The quantitative estimate of drug-likeness (QED) is 0.400. The van der Waals surface area contributed by atoms with Gasteiger partial charge in [-0.2, -0.15) is 5.10 Å². The minimum atomic E-state index is -0.133. The number of carbonyl (C=O) groups is 1. The lowest BCUT2D eigenvalue weighted by atomic mass is 10.1. The van der Waals surface area contributed by atoms with Crippen molar-refractivity contribution in [3.63, 3.8) is 0 Å². The molecule has 186 valence electrons. The van der Waals surface area contributed by atoms with Crippen LogP contribution in [0.15, 0.2) is 36.9 Å². The number of amides is 1. The average Bonchev–Trinajstić information content (AvgIpc) is 3.53. The Bertz CT molecular complexity index is 1420. The van der Waals surface area contributed by atoms with Gasteiger partial charge in [0, 0.05) is 25.6 Å². The Morgan fingerprint density at radius 3 is 2.75 bits per heavy atom. The van der Waals surface area contributed by atoms with Gasteiger partial charge < -0.3 is 20.1 Å². The molecular weight excluding hydrogens is 460 g/mol. The molecule has 6 rings (SSSR count). The highest BCUT2D eigenvalue weighted by Gasteiger charge is 2.30. The Morgan fingerprint density at radius 1 is 1.14 bits per heavy atom. The van der Waals surface area contributed by atoms with Crippen molar-refractivity contribution in [3.8, 4) is 17.1 Å². The molecule has 11 nitrogen and oxygen atoms in total. The molecule has 0 spiro atoms. The maximum absolute atomic E-state index is 12.6. The van der Waals surface area contributed by atoms with Crippen molar-refractivity contribution in [3.05, 3.63) is 36.9 Å². The van der Waals surface area contributed by atoms with E-state index in [2.05, 4.69) is 25.7 Å². The van der Waals surface area contributed by atoms with E-state index in [1.54, 1.807) is 24.4 Å². The third-order valence-electron chi connectivity index (χ3n) is 6.52. The summed E-state index contributed by atoms with van der Waals surface area (Å²) < 4.78 is 15.4. The van der Waals surface area contributed by atoms with Crippen LogP contribution in [0.5, 0.6) is 5.75 Å². The van der Waals surface area contributed by atoms with E-state index in [9.17, 15) is 4.79 Å². The van der Waals surface area contributed by atoms with Gasteiger partial charge in [0.15, 0.2) is 17.2 Å². The predicted molar refractivity (Wildman–Crippen MR) is 134 cm³/mol. The number of hydrogen-bond acceptors (Lipinski definition) is 8. The number of hydrogen-bond donors (Lipinski definition) is 2. The van der Waals surface area contributed by atoms with Crippen LogP contribution in [0.1, 0.15) is 38.3 Å². The molecule has 2 fully saturated rings. The topological polar surface area (TPSA) is 121 Å². The first-order valence-corrected chi connectivity index (χ1v) is 12.2. The molecule has 2 N–H and O–H groups in total. The fourth-order valence-corrected chi connectivity index (χ4v) is 4.53. The maximum Gasteiger partial charge on any atom is 0.228 e. The number of nitrogens with one attached hydrogen (secondary N) is 2. The monoisotopic (exact) mass is 488 g/mol. The summed E-state index contributed by atoms with van der Waals surface area (Å²) in [5, 5.41) is 10.9. The van der Waals surface area contributed by atoms with E-state index in [4.69, 9.17) is 14.5 Å². The highest BCUT2D eigenvalue weighted by molar-refractivity contribution is 5.97. The summed E-state index contributed by atoms with van der Waals surface area (Å²) in [5.74, 6) is 1.70. The van der Waals surface area contributed by atoms with Gasteiger partial charge in [-0.1, -0.05) is 6.07 Å². The molecular formula is C25H28N8O3. The van der Waals surface area contributed by atoms with E-state index in [0.29, 0.717) is 40.8 Å². The third kappa shape index (κ3) is 4.26. The number of rotatable bonds is 7. The minimum Gasteiger partial charge on any atom is -0.494 e. The van der Waals surface area contributed by atoms with E-state index in [-0.39, 0.29) is 18.1 Å². The second-order valence-electron chi connectivity index (χ2n) is 9.22.